The van der Waals surface area contributed by atoms with Crippen LogP contribution in [0.4, 0.5) is 0 Å². The Bertz CT molecular complexity index is 430. The Morgan fingerprint density at radius 3 is 1.42 bits per heavy atom. The lowest BCUT2D eigenvalue weighted by Gasteiger charge is -2.03. The van der Waals surface area contributed by atoms with Gasteiger partial charge in [-0.15, -0.1) is 18.5 Å². The Balaban J connectivity index is 0.000000741. The molecule has 2 rings (SSSR count). The van der Waals surface area contributed by atoms with Crippen molar-refractivity contribution in [3.63, 3.8) is 0 Å². The first-order chi connectivity index (χ1) is 9.29. The molecule has 19 heavy (non-hydrogen) atoms. The minimum absolute atomic E-state index is 1.02. The van der Waals surface area contributed by atoms with E-state index in [0.29, 0.717) is 0 Å². The van der Waals surface area contributed by atoms with E-state index in [0.717, 1.165) is 6.16 Å². The number of rotatable bonds is 2. The molecule has 0 amide bonds. The third-order valence-corrected chi connectivity index (χ3v) is 3.29. The maximum Gasteiger partial charge on any atom is -0.0128 e. The summed E-state index contributed by atoms with van der Waals surface area (Å²) in [6, 6.07) is 17.2. The normalized spacial score (nSPS) is 8.74. The average Bonchev–Trinajstić information content (AvgIpc) is 2.52. The molecule has 0 bridgehead atoms. The Morgan fingerprint density at radius 1 is 0.684 bits per heavy atom. The smallest absolute Gasteiger partial charge is 0.0128 e. The van der Waals surface area contributed by atoms with E-state index in [4.69, 9.17) is 0 Å². The molecule has 0 spiro atoms. The van der Waals surface area contributed by atoms with Gasteiger partial charge in [0.2, 0.25) is 0 Å². The summed E-state index contributed by atoms with van der Waals surface area (Å²) in [7, 11) is 5.44. The fourth-order valence-electron chi connectivity index (χ4n) is 1.51. The molecular weight excluding hydrogens is 266 g/mol. The summed E-state index contributed by atoms with van der Waals surface area (Å²) in [5.41, 5.74) is 3.91. The van der Waals surface area contributed by atoms with E-state index in [-0.39, 0.29) is 0 Å². The predicted molar refractivity (Wildman–Crippen MR) is 97.3 cm³/mol. The van der Waals surface area contributed by atoms with Crippen molar-refractivity contribution in [3.8, 4) is 11.1 Å². The highest BCUT2D eigenvalue weighted by Gasteiger charge is 1.96. The Labute approximate surface area is 123 Å². The molecule has 0 saturated heterocycles. The largest absolute Gasteiger partial charge is 0.133 e. The van der Waals surface area contributed by atoms with Gasteiger partial charge in [0, 0.05) is 0 Å². The summed E-state index contributed by atoms with van der Waals surface area (Å²) in [5, 5.41) is 1.22. The molecule has 0 aliphatic heterocycles. The first kappa shape index (κ1) is 18.3. The predicted octanol–water partition coefficient (Wildman–Crippen LogP) is 5.28. The lowest BCUT2D eigenvalue weighted by molar-refractivity contribution is 1.42. The minimum atomic E-state index is 1.02. The highest BCUT2D eigenvalue weighted by molar-refractivity contribution is 7.27. The van der Waals surface area contributed by atoms with Crippen molar-refractivity contribution in [3.05, 3.63) is 54.1 Å². The van der Waals surface area contributed by atoms with E-state index in [2.05, 4.69) is 67.0 Å². The summed E-state index contributed by atoms with van der Waals surface area (Å²) in [6.45, 7) is 8.00. The Hall–Kier alpha value is -0.700. The maximum absolute atomic E-state index is 2.74. The topological polar surface area (TPSA) is 0 Å². The average molecular weight is 292 g/mol. The van der Waals surface area contributed by atoms with Crippen molar-refractivity contribution in [2.45, 2.75) is 33.9 Å². The highest BCUT2D eigenvalue weighted by Crippen LogP contribution is 2.19. The van der Waals surface area contributed by atoms with Crippen LogP contribution in [-0.4, -0.2) is 0 Å². The lowest BCUT2D eigenvalue weighted by Crippen LogP contribution is -1.88. The van der Waals surface area contributed by atoms with Crippen LogP contribution in [0.15, 0.2) is 48.5 Å². The zero-order chi connectivity index (χ0) is 14.7. The van der Waals surface area contributed by atoms with E-state index in [1.165, 1.54) is 22.0 Å². The molecular formula is C17H26P2. The molecule has 0 nitrogen and oxygen atoms in total. The molecule has 0 N–H and O–H groups in total. The number of hydrogen-bond acceptors (Lipinski definition) is 0. The fourth-order valence-corrected chi connectivity index (χ4v) is 1.97. The zero-order valence-corrected chi connectivity index (χ0v) is 14.8. The van der Waals surface area contributed by atoms with Gasteiger partial charge in [-0.3, -0.25) is 0 Å². The summed E-state index contributed by atoms with van der Waals surface area (Å²) >= 11 is 0. The second-order valence-corrected chi connectivity index (χ2v) is 4.60. The van der Waals surface area contributed by atoms with Crippen molar-refractivity contribution in [2.24, 2.45) is 0 Å². The second kappa shape index (κ2) is 11.2. The summed E-state index contributed by atoms with van der Waals surface area (Å²) < 4.78 is 0. The number of hydrogen-bond donors (Lipinski definition) is 0. The summed E-state index contributed by atoms with van der Waals surface area (Å²) in [6.07, 6.45) is 1.02. The van der Waals surface area contributed by atoms with E-state index in [1.807, 2.05) is 27.7 Å². The quantitative estimate of drug-likeness (QED) is 0.660. The fraction of sp³-hybridized carbons (Fsp3) is 0.294. The lowest BCUT2D eigenvalue weighted by atomic mass is 10.0. The molecule has 0 aromatic heterocycles. The molecule has 2 atom stereocenters. The van der Waals surface area contributed by atoms with Gasteiger partial charge in [-0.2, -0.15) is 0 Å². The van der Waals surface area contributed by atoms with Gasteiger partial charge in [-0.1, -0.05) is 76.2 Å². The standard InChI is InChI=1S/C13H14P2.2C2H6/c14-9-10-1-3-11(4-2-10)12-5-7-13(15)8-6-12;2*1-2/h1-8H,9,14-15H2;2*1-2H3. The molecule has 0 saturated carbocycles. The van der Waals surface area contributed by atoms with Gasteiger partial charge in [-0.05, 0) is 28.2 Å². The van der Waals surface area contributed by atoms with Crippen molar-refractivity contribution in [1.29, 1.82) is 0 Å². The van der Waals surface area contributed by atoms with Crippen LogP contribution in [0.1, 0.15) is 33.3 Å². The molecule has 2 aromatic carbocycles. The molecule has 2 unspecified atom stereocenters. The van der Waals surface area contributed by atoms with Gasteiger partial charge in [0.15, 0.2) is 0 Å². The maximum atomic E-state index is 2.74. The Morgan fingerprint density at radius 2 is 1.05 bits per heavy atom. The van der Waals surface area contributed by atoms with Crippen molar-refractivity contribution in [2.75, 3.05) is 0 Å². The van der Waals surface area contributed by atoms with Gasteiger partial charge < -0.3 is 0 Å². The van der Waals surface area contributed by atoms with Gasteiger partial charge in [-0.25, -0.2) is 0 Å². The van der Waals surface area contributed by atoms with Crippen LogP contribution in [0, 0.1) is 0 Å². The van der Waals surface area contributed by atoms with E-state index < -0.39 is 0 Å². The van der Waals surface area contributed by atoms with E-state index in [9.17, 15) is 0 Å². The minimum Gasteiger partial charge on any atom is -0.133 e. The molecule has 0 heterocycles. The highest BCUT2D eigenvalue weighted by atomic mass is 31.0. The van der Waals surface area contributed by atoms with Gasteiger partial charge in [0.1, 0.15) is 0 Å². The molecule has 2 aromatic rings. The molecule has 0 aliphatic rings. The van der Waals surface area contributed by atoms with Crippen LogP contribution in [0.3, 0.4) is 0 Å². The molecule has 0 radical (unpaired) electrons. The molecule has 0 aliphatic carbocycles. The van der Waals surface area contributed by atoms with Crippen LogP contribution in [0.25, 0.3) is 11.1 Å². The van der Waals surface area contributed by atoms with Crippen LogP contribution in [0.5, 0.6) is 0 Å². The zero-order valence-electron chi connectivity index (χ0n) is 12.5. The summed E-state index contributed by atoms with van der Waals surface area (Å²) in [4.78, 5) is 0. The summed E-state index contributed by atoms with van der Waals surface area (Å²) in [5.74, 6) is 0. The van der Waals surface area contributed by atoms with Crippen molar-refractivity contribution < 1.29 is 0 Å². The van der Waals surface area contributed by atoms with Crippen molar-refractivity contribution in [1.82, 2.24) is 0 Å². The van der Waals surface area contributed by atoms with Crippen molar-refractivity contribution >= 4 is 23.8 Å². The first-order valence-corrected chi connectivity index (χ1v) is 8.34. The molecule has 2 heteroatoms. The Kier molecular flexibility index (Phi) is 10.7. The van der Waals surface area contributed by atoms with Gasteiger partial charge in [0.25, 0.3) is 0 Å². The monoisotopic (exact) mass is 292 g/mol. The van der Waals surface area contributed by atoms with Crippen LogP contribution >= 0.6 is 18.5 Å². The van der Waals surface area contributed by atoms with Crippen LogP contribution < -0.4 is 5.30 Å². The van der Waals surface area contributed by atoms with Gasteiger partial charge >= 0.3 is 0 Å². The van der Waals surface area contributed by atoms with Gasteiger partial charge in [0.05, 0.1) is 0 Å². The van der Waals surface area contributed by atoms with Crippen LogP contribution in [-0.2, 0) is 6.16 Å². The SMILES string of the molecule is CC.CC.PCc1ccc(-c2ccc(P)cc2)cc1. The number of benzene rings is 2. The first-order valence-electron chi connectivity index (χ1n) is 6.94. The molecule has 104 valence electrons. The van der Waals surface area contributed by atoms with Crippen LogP contribution in [0.2, 0.25) is 0 Å². The van der Waals surface area contributed by atoms with E-state index >= 15 is 0 Å². The van der Waals surface area contributed by atoms with E-state index in [1.54, 1.807) is 0 Å². The molecule has 0 fully saturated rings. The second-order valence-electron chi connectivity index (χ2n) is 3.52. The third kappa shape index (κ3) is 6.33. The third-order valence-electron chi connectivity index (χ3n) is 2.43.